The molecule has 3 aromatic heterocycles. The van der Waals surface area contributed by atoms with Crippen molar-refractivity contribution in [3.63, 3.8) is 0 Å². The number of benzene rings is 1. The molecule has 1 aliphatic carbocycles. The number of aromatic nitrogens is 4. The predicted octanol–water partition coefficient (Wildman–Crippen LogP) is 4.62. The van der Waals surface area contributed by atoms with Gasteiger partial charge in [-0.1, -0.05) is 37.5 Å². The molecule has 1 fully saturated rings. The molecule has 0 spiro atoms. The third-order valence-corrected chi connectivity index (χ3v) is 6.48. The van der Waals surface area contributed by atoms with Gasteiger partial charge >= 0.3 is 0 Å². The summed E-state index contributed by atoms with van der Waals surface area (Å²) in [6.45, 7) is 0.484. The maximum absolute atomic E-state index is 9.27. The third kappa shape index (κ3) is 3.04. The van der Waals surface area contributed by atoms with Crippen LogP contribution in [0.5, 0.6) is 0 Å². The number of fused-ring (bicyclic) bond motifs is 2. The summed E-state index contributed by atoms with van der Waals surface area (Å²) in [5, 5.41) is 15.8. The van der Waals surface area contributed by atoms with E-state index in [1.807, 2.05) is 12.4 Å². The van der Waals surface area contributed by atoms with Crippen LogP contribution in [0.25, 0.3) is 32.6 Å². The Labute approximate surface area is 167 Å². The van der Waals surface area contributed by atoms with E-state index in [-0.39, 0.29) is 6.61 Å². The number of aliphatic hydroxyl groups is 1. The fourth-order valence-corrected chi connectivity index (χ4v) is 5.05. The second-order valence-electron chi connectivity index (χ2n) is 7.31. The van der Waals surface area contributed by atoms with E-state index in [2.05, 4.69) is 38.4 Å². The van der Waals surface area contributed by atoms with Gasteiger partial charge in [-0.25, -0.2) is 15.0 Å². The molecule has 0 amide bonds. The zero-order chi connectivity index (χ0) is 18.9. The van der Waals surface area contributed by atoms with Crippen LogP contribution in [0.2, 0.25) is 0 Å². The summed E-state index contributed by atoms with van der Waals surface area (Å²) in [5.41, 5.74) is 2.71. The average molecular weight is 394 g/mol. The monoisotopic (exact) mass is 393 g/mol. The summed E-state index contributed by atoms with van der Waals surface area (Å²) in [7, 11) is 0. The Hall–Kier alpha value is -2.51. The standard InChI is InChI=1S/C21H23N5OS/c27-11-10-22-20-18-21(26(13-23-18)14-6-2-1-3-7-14)25-19(24-20)16-12-28-17-9-5-4-8-15(16)17/h4-5,8-9,12-14,27H,1-3,6-7,10-11H2,(H,22,24,25). The van der Waals surface area contributed by atoms with Gasteiger partial charge in [0.1, 0.15) is 5.52 Å². The van der Waals surface area contributed by atoms with Crippen molar-refractivity contribution in [2.24, 2.45) is 0 Å². The molecule has 1 saturated carbocycles. The lowest BCUT2D eigenvalue weighted by Crippen LogP contribution is -2.13. The fraction of sp³-hybridized carbons (Fsp3) is 0.381. The summed E-state index contributed by atoms with van der Waals surface area (Å²) in [6, 6.07) is 8.80. The molecule has 1 aliphatic rings. The molecule has 2 N–H and O–H groups in total. The van der Waals surface area contributed by atoms with Gasteiger partial charge in [-0.05, 0) is 18.9 Å². The Morgan fingerprint density at radius 1 is 1.14 bits per heavy atom. The van der Waals surface area contributed by atoms with E-state index in [1.165, 1.54) is 42.2 Å². The minimum Gasteiger partial charge on any atom is -0.395 e. The van der Waals surface area contributed by atoms with Crippen LogP contribution in [0.3, 0.4) is 0 Å². The number of nitrogens with zero attached hydrogens (tertiary/aromatic N) is 4. The van der Waals surface area contributed by atoms with Crippen molar-refractivity contribution < 1.29 is 5.11 Å². The molecule has 144 valence electrons. The first-order valence-corrected chi connectivity index (χ1v) is 10.8. The van der Waals surface area contributed by atoms with Gasteiger partial charge in [-0.2, -0.15) is 0 Å². The molecule has 0 saturated heterocycles. The van der Waals surface area contributed by atoms with Crippen LogP contribution in [0.4, 0.5) is 5.82 Å². The van der Waals surface area contributed by atoms with Gasteiger partial charge in [0.25, 0.3) is 0 Å². The minimum absolute atomic E-state index is 0.0472. The summed E-state index contributed by atoms with van der Waals surface area (Å²) in [5.74, 6) is 1.40. The number of rotatable bonds is 5. The zero-order valence-corrected chi connectivity index (χ0v) is 16.5. The highest BCUT2D eigenvalue weighted by Gasteiger charge is 2.21. The van der Waals surface area contributed by atoms with Gasteiger partial charge in [0.15, 0.2) is 17.3 Å². The van der Waals surface area contributed by atoms with Crippen LogP contribution in [0, 0.1) is 0 Å². The number of aliphatic hydroxyl groups excluding tert-OH is 1. The van der Waals surface area contributed by atoms with Crippen molar-refractivity contribution >= 4 is 38.4 Å². The largest absolute Gasteiger partial charge is 0.395 e. The molecule has 0 bridgehead atoms. The molecule has 6 nitrogen and oxygen atoms in total. The van der Waals surface area contributed by atoms with Gasteiger partial charge in [0, 0.05) is 33.6 Å². The smallest absolute Gasteiger partial charge is 0.166 e. The summed E-state index contributed by atoms with van der Waals surface area (Å²) < 4.78 is 3.46. The molecule has 7 heteroatoms. The van der Waals surface area contributed by atoms with Crippen LogP contribution in [-0.4, -0.2) is 37.8 Å². The zero-order valence-electron chi connectivity index (χ0n) is 15.6. The van der Waals surface area contributed by atoms with Crippen molar-refractivity contribution in [1.82, 2.24) is 19.5 Å². The second-order valence-corrected chi connectivity index (χ2v) is 8.22. The van der Waals surface area contributed by atoms with E-state index in [0.717, 1.165) is 16.7 Å². The molecule has 0 atom stereocenters. The molecular weight excluding hydrogens is 370 g/mol. The Morgan fingerprint density at radius 3 is 2.86 bits per heavy atom. The first-order valence-electron chi connectivity index (χ1n) is 9.91. The van der Waals surface area contributed by atoms with Crippen LogP contribution in [-0.2, 0) is 0 Å². The predicted molar refractivity (Wildman–Crippen MR) is 114 cm³/mol. The second kappa shape index (κ2) is 7.48. The van der Waals surface area contributed by atoms with E-state index in [9.17, 15) is 5.11 Å². The van der Waals surface area contributed by atoms with Gasteiger partial charge in [-0.15, -0.1) is 11.3 Å². The lowest BCUT2D eigenvalue weighted by Gasteiger charge is -2.23. The maximum atomic E-state index is 9.27. The number of nitrogens with one attached hydrogen (secondary N) is 1. The van der Waals surface area contributed by atoms with Crippen LogP contribution in [0.1, 0.15) is 38.1 Å². The molecule has 28 heavy (non-hydrogen) atoms. The lowest BCUT2D eigenvalue weighted by atomic mass is 9.95. The fourth-order valence-electron chi connectivity index (χ4n) is 4.11. The number of hydrogen-bond acceptors (Lipinski definition) is 6. The minimum atomic E-state index is 0.0472. The Morgan fingerprint density at radius 2 is 2.00 bits per heavy atom. The van der Waals surface area contributed by atoms with Gasteiger partial charge in [-0.3, -0.25) is 0 Å². The topological polar surface area (TPSA) is 75.9 Å². The van der Waals surface area contributed by atoms with E-state index in [1.54, 1.807) is 11.3 Å². The van der Waals surface area contributed by atoms with Gasteiger partial charge in [0.05, 0.1) is 12.9 Å². The quantitative estimate of drug-likeness (QED) is 0.517. The average Bonchev–Trinajstić information content (AvgIpc) is 3.37. The molecule has 4 aromatic rings. The van der Waals surface area contributed by atoms with Gasteiger partial charge in [0.2, 0.25) is 0 Å². The van der Waals surface area contributed by atoms with Crippen molar-refractivity contribution in [2.45, 2.75) is 38.1 Å². The Bertz CT molecular complexity index is 1110. The molecule has 3 heterocycles. The van der Waals surface area contributed by atoms with Crippen molar-refractivity contribution in [3.8, 4) is 11.4 Å². The number of hydrogen-bond donors (Lipinski definition) is 2. The van der Waals surface area contributed by atoms with E-state index in [0.29, 0.717) is 24.2 Å². The summed E-state index contributed by atoms with van der Waals surface area (Å²) in [6.07, 6.45) is 8.08. The van der Waals surface area contributed by atoms with Crippen LogP contribution >= 0.6 is 11.3 Å². The summed E-state index contributed by atoms with van der Waals surface area (Å²) in [4.78, 5) is 14.4. The number of thiophene rings is 1. The van der Waals surface area contributed by atoms with Gasteiger partial charge < -0.3 is 15.0 Å². The van der Waals surface area contributed by atoms with Crippen LogP contribution in [0.15, 0.2) is 36.0 Å². The molecule has 0 unspecified atom stereocenters. The molecule has 5 rings (SSSR count). The van der Waals surface area contributed by atoms with E-state index in [4.69, 9.17) is 9.97 Å². The maximum Gasteiger partial charge on any atom is 0.166 e. The number of imidazole rings is 1. The molecular formula is C21H23N5OS. The molecule has 0 aliphatic heterocycles. The Kier molecular flexibility index (Phi) is 4.70. The summed E-state index contributed by atoms with van der Waals surface area (Å²) >= 11 is 1.71. The highest BCUT2D eigenvalue weighted by atomic mass is 32.1. The van der Waals surface area contributed by atoms with Crippen LogP contribution < -0.4 is 5.32 Å². The van der Waals surface area contributed by atoms with E-state index < -0.39 is 0 Å². The first kappa shape index (κ1) is 17.6. The normalized spacial score (nSPS) is 15.5. The third-order valence-electron chi connectivity index (χ3n) is 5.52. The SMILES string of the molecule is OCCNc1nc(-c2csc3ccccc23)nc2c1ncn2C1CCCCC1. The van der Waals surface area contributed by atoms with Crippen molar-refractivity contribution in [3.05, 3.63) is 36.0 Å². The molecule has 0 radical (unpaired) electrons. The highest BCUT2D eigenvalue weighted by molar-refractivity contribution is 7.17. The molecule has 1 aromatic carbocycles. The highest BCUT2D eigenvalue weighted by Crippen LogP contribution is 2.35. The Balaban J connectivity index is 1.68. The first-order chi connectivity index (χ1) is 13.8. The van der Waals surface area contributed by atoms with E-state index >= 15 is 0 Å². The lowest BCUT2D eigenvalue weighted by molar-refractivity contribution is 0.311. The van der Waals surface area contributed by atoms with Crippen molar-refractivity contribution in [2.75, 3.05) is 18.5 Å². The number of anilines is 1. The van der Waals surface area contributed by atoms with Crippen molar-refractivity contribution in [1.29, 1.82) is 0 Å².